The molecule has 0 radical (unpaired) electrons. The van der Waals surface area contributed by atoms with Gasteiger partial charge in [-0.15, -0.1) is 11.3 Å². The van der Waals surface area contributed by atoms with Crippen molar-refractivity contribution < 1.29 is 5.11 Å². The fourth-order valence-corrected chi connectivity index (χ4v) is 2.05. The van der Waals surface area contributed by atoms with Crippen molar-refractivity contribution in [2.24, 2.45) is 0 Å². The summed E-state index contributed by atoms with van der Waals surface area (Å²) in [4.78, 5) is 1.04. The molecule has 0 aliphatic heterocycles. The molecule has 1 aromatic rings. The third-order valence-corrected chi connectivity index (χ3v) is 3.28. The Labute approximate surface area is 87.4 Å². The molecule has 1 aromatic heterocycles. The largest absolute Gasteiger partial charge is 0.386 e. The number of hydrogen-bond acceptors (Lipinski definition) is 4. The minimum absolute atomic E-state index is 0.346. The molecule has 13 heavy (non-hydrogen) atoms. The average molecular weight is 217 g/mol. The van der Waals surface area contributed by atoms with Crippen molar-refractivity contribution in [2.45, 2.75) is 6.10 Å². The van der Waals surface area contributed by atoms with Crippen LogP contribution in [0.4, 0.5) is 0 Å². The number of aliphatic hydroxyl groups excluding tert-OH is 1. The van der Waals surface area contributed by atoms with Crippen LogP contribution >= 0.6 is 23.1 Å². The predicted molar refractivity (Wildman–Crippen MR) is 60.5 cm³/mol. The molecule has 1 rings (SSSR count). The van der Waals surface area contributed by atoms with E-state index in [1.807, 2.05) is 29.3 Å². The van der Waals surface area contributed by atoms with E-state index < -0.39 is 0 Å². The summed E-state index contributed by atoms with van der Waals surface area (Å²) < 4.78 is 0. The summed E-state index contributed by atoms with van der Waals surface area (Å²) in [6, 6.07) is 3.93. The molecule has 0 fully saturated rings. The Morgan fingerprint density at radius 3 is 3.15 bits per heavy atom. The first-order valence-electron chi connectivity index (χ1n) is 4.25. The van der Waals surface area contributed by atoms with Crippen molar-refractivity contribution >= 4 is 23.1 Å². The molecule has 0 aliphatic rings. The van der Waals surface area contributed by atoms with Crippen LogP contribution in [0.5, 0.6) is 0 Å². The Kier molecular flexibility index (Phi) is 5.46. The van der Waals surface area contributed by atoms with E-state index in [0.717, 1.165) is 17.2 Å². The van der Waals surface area contributed by atoms with Gasteiger partial charge in [-0.2, -0.15) is 11.8 Å². The molecule has 2 nitrogen and oxygen atoms in total. The minimum atomic E-state index is -0.346. The molecule has 0 amide bonds. The van der Waals surface area contributed by atoms with E-state index in [2.05, 4.69) is 11.6 Å². The van der Waals surface area contributed by atoms with E-state index in [1.165, 1.54) is 0 Å². The van der Waals surface area contributed by atoms with Crippen LogP contribution in [-0.2, 0) is 0 Å². The summed E-state index contributed by atoms with van der Waals surface area (Å²) in [7, 11) is 0. The third-order valence-electron chi connectivity index (χ3n) is 1.69. The maximum atomic E-state index is 9.65. The monoisotopic (exact) mass is 217 g/mol. The number of rotatable bonds is 6. The van der Waals surface area contributed by atoms with Crippen LogP contribution in [0, 0.1) is 0 Å². The highest BCUT2D eigenvalue weighted by atomic mass is 32.2. The fraction of sp³-hybridized carbons (Fsp3) is 0.556. The lowest BCUT2D eigenvalue weighted by Crippen LogP contribution is -2.23. The summed E-state index contributed by atoms with van der Waals surface area (Å²) in [6.07, 6.45) is 1.74. The van der Waals surface area contributed by atoms with E-state index >= 15 is 0 Å². The second kappa shape index (κ2) is 6.43. The third kappa shape index (κ3) is 4.13. The molecule has 4 heteroatoms. The van der Waals surface area contributed by atoms with Gasteiger partial charge in [-0.3, -0.25) is 0 Å². The summed E-state index contributed by atoms with van der Waals surface area (Å²) in [5, 5.41) is 14.8. The maximum Gasteiger partial charge on any atom is 0.101 e. The predicted octanol–water partition coefficient (Wildman–Crippen LogP) is 1.73. The highest BCUT2D eigenvalue weighted by Crippen LogP contribution is 2.17. The number of hydrogen-bond donors (Lipinski definition) is 2. The first kappa shape index (κ1) is 11.0. The highest BCUT2D eigenvalue weighted by Gasteiger charge is 2.06. The minimum Gasteiger partial charge on any atom is -0.386 e. The topological polar surface area (TPSA) is 32.3 Å². The van der Waals surface area contributed by atoms with Gasteiger partial charge in [-0.05, 0) is 17.7 Å². The lowest BCUT2D eigenvalue weighted by atomic mass is 10.3. The molecular formula is C9H15NOS2. The average Bonchev–Trinajstić information content (AvgIpc) is 2.65. The van der Waals surface area contributed by atoms with Crippen LogP contribution < -0.4 is 5.32 Å². The van der Waals surface area contributed by atoms with E-state index in [0.29, 0.717) is 6.54 Å². The Hall–Kier alpha value is -0.0300. The van der Waals surface area contributed by atoms with Crippen LogP contribution in [0.15, 0.2) is 17.5 Å². The van der Waals surface area contributed by atoms with Gasteiger partial charge in [0, 0.05) is 23.7 Å². The number of thiophene rings is 1. The number of nitrogens with one attached hydrogen (secondary N) is 1. The molecule has 1 heterocycles. The zero-order valence-electron chi connectivity index (χ0n) is 7.69. The van der Waals surface area contributed by atoms with Gasteiger partial charge in [-0.25, -0.2) is 0 Å². The Morgan fingerprint density at radius 1 is 1.69 bits per heavy atom. The van der Waals surface area contributed by atoms with Crippen molar-refractivity contribution in [2.75, 3.05) is 25.1 Å². The molecule has 0 aliphatic carbocycles. The van der Waals surface area contributed by atoms with Gasteiger partial charge < -0.3 is 10.4 Å². The molecule has 0 saturated heterocycles. The molecule has 2 N–H and O–H groups in total. The molecule has 0 saturated carbocycles. The van der Waals surface area contributed by atoms with Gasteiger partial charge in [0.05, 0.1) is 0 Å². The Morgan fingerprint density at radius 2 is 2.54 bits per heavy atom. The molecule has 1 atom stereocenters. The quantitative estimate of drug-likeness (QED) is 0.712. The Bertz CT molecular complexity index is 213. The SMILES string of the molecule is CSCCNCC(O)c1cccs1. The zero-order chi connectivity index (χ0) is 9.52. The number of thioether (sulfide) groups is 1. The summed E-state index contributed by atoms with van der Waals surface area (Å²) in [5.74, 6) is 1.09. The zero-order valence-corrected chi connectivity index (χ0v) is 9.33. The summed E-state index contributed by atoms with van der Waals surface area (Å²) in [5.41, 5.74) is 0. The van der Waals surface area contributed by atoms with Crippen LogP contribution in [0.3, 0.4) is 0 Å². The first-order valence-corrected chi connectivity index (χ1v) is 6.53. The van der Waals surface area contributed by atoms with E-state index in [9.17, 15) is 5.11 Å². The van der Waals surface area contributed by atoms with E-state index in [1.54, 1.807) is 11.3 Å². The first-order chi connectivity index (χ1) is 6.34. The van der Waals surface area contributed by atoms with Crippen molar-refractivity contribution in [3.63, 3.8) is 0 Å². The Balaban J connectivity index is 2.15. The fourth-order valence-electron chi connectivity index (χ4n) is 0.994. The van der Waals surface area contributed by atoms with E-state index in [-0.39, 0.29) is 6.10 Å². The highest BCUT2D eigenvalue weighted by molar-refractivity contribution is 7.98. The summed E-state index contributed by atoms with van der Waals surface area (Å²) in [6.45, 7) is 1.62. The van der Waals surface area contributed by atoms with E-state index in [4.69, 9.17) is 0 Å². The van der Waals surface area contributed by atoms with Crippen molar-refractivity contribution in [1.29, 1.82) is 0 Å². The molecule has 0 aromatic carbocycles. The van der Waals surface area contributed by atoms with Crippen LogP contribution in [0.25, 0.3) is 0 Å². The van der Waals surface area contributed by atoms with Crippen LogP contribution in [0.2, 0.25) is 0 Å². The number of aliphatic hydroxyl groups is 1. The smallest absolute Gasteiger partial charge is 0.101 e. The van der Waals surface area contributed by atoms with Crippen LogP contribution in [-0.4, -0.2) is 30.2 Å². The van der Waals surface area contributed by atoms with Crippen molar-refractivity contribution in [1.82, 2.24) is 5.32 Å². The maximum absolute atomic E-state index is 9.65. The normalized spacial score (nSPS) is 13.1. The second-order valence-corrected chi connectivity index (χ2v) is 4.69. The van der Waals surface area contributed by atoms with Crippen LogP contribution in [0.1, 0.15) is 11.0 Å². The molecular weight excluding hydrogens is 202 g/mol. The summed E-state index contributed by atoms with van der Waals surface area (Å²) >= 11 is 3.41. The van der Waals surface area contributed by atoms with Gasteiger partial charge in [0.2, 0.25) is 0 Å². The molecule has 1 unspecified atom stereocenters. The van der Waals surface area contributed by atoms with Gasteiger partial charge in [0.15, 0.2) is 0 Å². The van der Waals surface area contributed by atoms with Crippen molar-refractivity contribution in [3.8, 4) is 0 Å². The lowest BCUT2D eigenvalue weighted by Gasteiger charge is -2.09. The van der Waals surface area contributed by atoms with Gasteiger partial charge in [0.25, 0.3) is 0 Å². The molecule has 0 bridgehead atoms. The van der Waals surface area contributed by atoms with Crippen molar-refractivity contribution in [3.05, 3.63) is 22.4 Å². The van der Waals surface area contributed by atoms with Gasteiger partial charge in [0.1, 0.15) is 6.10 Å². The molecule has 0 spiro atoms. The molecule has 74 valence electrons. The second-order valence-electron chi connectivity index (χ2n) is 2.73. The lowest BCUT2D eigenvalue weighted by molar-refractivity contribution is 0.179. The van der Waals surface area contributed by atoms with Gasteiger partial charge >= 0.3 is 0 Å². The standard InChI is InChI=1S/C9H15NOS2/c1-12-6-4-10-7-8(11)9-3-2-5-13-9/h2-3,5,8,10-11H,4,6-7H2,1H3. The van der Waals surface area contributed by atoms with Gasteiger partial charge in [-0.1, -0.05) is 6.07 Å².